The molecule has 1 N–H and O–H groups in total. The van der Waals surface area contributed by atoms with Gasteiger partial charge in [0.2, 0.25) is 0 Å². The molecule has 0 bridgehead atoms. The molecule has 0 radical (unpaired) electrons. The van der Waals surface area contributed by atoms with Crippen LogP contribution in [0.25, 0.3) is 0 Å². The Hall–Kier alpha value is -0.840. The number of aromatic nitrogens is 1. The average Bonchev–Trinajstić information content (AvgIpc) is 2.83. The van der Waals surface area contributed by atoms with Gasteiger partial charge in [0.25, 0.3) is 0 Å². The van der Waals surface area contributed by atoms with E-state index in [4.69, 9.17) is 0 Å². The third kappa shape index (κ3) is 2.71. The molecular weight excluding hydrogens is 272 g/mol. The number of nitrogens with zero attached hydrogens (tertiary/aromatic N) is 1. The van der Waals surface area contributed by atoms with Crippen molar-refractivity contribution >= 4 is 23.1 Å². The predicted octanol–water partition coefficient (Wildman–Crippen LogP) is 3.55. The van der Waals surface area contributed by atoms with E-state index in [-0.39, 0.29) is 6.04 Å². The van der Waals surface area contributed by atoms with Crippen LogP contribution in [0.15, 0.2) is 24.5 Å². The Labute approximate surface area is 122 Å². The lowest BCUT2D eigenvalue weighted by molar-refractivity contribution is 0.699. The van der Waals surface area contributed by atoms with Gasteiger partial charge in [-0.1, -0.05) is 6.07 Å². The van der Waals surface area contributed by atoms with Crippen LogP contribution in [0.5, 0.6) is 0 Å². The normalized spacial score (nSPS) is 16.1. The van der Waals surface area contributed by atoms with Crippen molar-refractivity contribution in [2.24, 2.45) is 0 Å². The summed E-state index contributed by atoms with van der Waals surface area (Å²) < 4.78 is 0. The molecule has 2 nitrogen and oxygen atoms in total. The summed E-state index contributed by atoms with van der Waals surface area (Å²) >= 11 is 4.01. The van der Waals surface area contributed by atoms with E-state index >= 15 is 0 Å². The van der Waals surface area contributed by atoms with Crippen molar-refractivity contribution in [3.8, 4) is 0 Å². The van der Waals surface area contributed by atoms with Crippen LogP contribution >= 0.6 is 23.1 Å². The first-order chi connectivity index (χ1) is 9.28. The number of thioether (sulfide) groups is 1. The van der Waals surface area contributed by atoms with Gasteiger partial charge < -0.3 is 5.32 Å². The number of rotatable bonds is 3. The number of thiophene rings is 1. The molecule has 0 amide bonds. The van der Waals surface area contributed by atoms with Crippen molar-refractivity contribution < 1.29 is 0 Å². The van der Waals surface area contributed by atoms with E-state index in [0.29, 0.717) is 0 Å². The predicted molar refractivity (Wildman–Crippen MR) is 84.1 cm³/mol. The standard InChI is InChI=1S/C15H18N2S2/c1-10-5-11(8-17-7-10)15(16-2)14-6-12-9-18-4-3-13(12)19-14/h5-8,15-16H,3-4,9H2,1-2H3. The minimum absolute atomic E-state index is 0.271. The lowest BCUT2D eigenvalue weighted by atomic mass is 10.1. The maximum Gasteiger partial charge on any atom is 0.0683 e. The molecule has 0 aliphatic carbocycles. The molecule has 0 saturated carbocycles. The summed E-state index contributed by atoms with van der Waals surface area (Å²) in [6.07, 6.45) is 5.11. The van der Waals surface area contributed by atoms with Crippen LogP contribution < -0.4 is 5.32 Å². The molecule has 19 heavy (non-hydrogen) atoms. The van der Waals surface area contributed by atoms with Crippen molar-refractivity contribution in [2.45, 2.75) is 25.1 Å². The van der Waals surface area contributed by atoms with Crippen molar-refractivity contribution in [2.75, 3.05) is 12.8 Å². The molecule has 2 aromatic heterocycles. The summed E-state index contributed by atoms with van der Waals surface area (Å²) in [5.74, 6) is 2.44. The highest BCUT2D eigenvalue weighted by Gasteiger charge is 2.19. The van der Waals surface area contributed by atoms with Gasteiger partial charge in [0.15, 0.2) is 0 Å². The Bertz CT molecular complexity index is 554. The van der Waals surface area contributed by atoms with E-state index in [0.717, 1.165) is 0 Å². The molecule has 100 valence electrons. The average molecular weight is 290 g/mol. The quantitative estimate of drug-likeness (QED) is 0.936. The van der Waals surface area contributed by atoms with Gasteiger partial charge in [-0.2, -0.15) is 11.8 Å². The second-order valence-electron chi connectivity index (χ2n) is 4.92. The number of hydrogen-bond acceptors (Lipinski definition) is 4. The summed E-state index contributed by atoms with van der Waals surface area (Å²) in [6, 6.07) is 4.88. The van der Waals surface area contributed by atoms with E-state index in [9.17, 15) is 0 Å². The minimum Gasteiger partial charge on any atom is -0.309 e. The fourth-order valence-electron chi connectivity index (χ4n) is 2.52. The molecule has 0 saturated heterocycles. The van der Waals surface area contributed by atoms with E-state index in [2.05, 4.69) is 29.4 Å². The molecule has 0 aromatic carbocycles. The Kier molecular flexibility index (Phi) is 3.91. The van der Waals surface area contributed by atoms with Crippen molar-refractivity contribution in [1.29, 1.82) is 0 Å². The van der Waals surface area contributed by atoms with E-state index < -0.39 is 0 Å². The third-order valence-electron chi connectivity index (χ3n) is 3.45. The molecule has 0 fully saturated rings. The zero-order valence-electron chi connectivity index (χ0n) is 11.3. The Balaban J connectivity index is 1.96. The third-order valence-corrected chi connectivity index (χ3v) is 5.76. The summed E-state index contributed by atoms with van der Waals surface area (Å²) in [6.45, 7) is 2.10. The number of aryl methyl sites for hydroxylation is 2. The van der Waals surface area contributed by atoms with Crippen LogP contribution in [-0.2, 0) is 12.2 Å². The first-order valence-electron chi connectivity index (χ1n) is 6.56. The van der Waals surface area contributed by atoms with Crippen molar-refractivity contribution in [3.05, 3.63) is 51.0 Å². The number of hydrogen-bond donors (Lipinski definition) is 1. The van der Waals surface area contributed by atoms with Gasteiger partial charge in [-0.3, -0.25) is 4.98 Å². The fourth-order valence-corrected chi connectivity index (χ4v) is 5.04. The molecular formula is C15H18N2S2. The highest BCUT2D eigenvalue weighted by molar-refractivity contribution is 7.98. The van der Waals surface area contributed by atoms with Gasteiger partial charge in [0.1, 0.15) is 0 Å². The molecule has 2 aromatic rings. The highest BCUT2D eigenvalue weighted by Crippen LogP contribution is 2.36. The zero-order chi connectivity index (χ0) is 13.2. The molecule has 1 aliphatic heterocycles. The second-order valence-corrected chi connectivity index (χ2v) is 7.19. The molecule has 3 heterocycles. The first kappa shape index (κ1) is 13.2. The maximum absolute atomic E-state index is 4.32. The van der Waals surface area contributed by atoms with Gasteiger partial charge in [-0.25, -0.2) is 0 Å². The van der Waals surface area contributed by atoms with Gasteiger partial charge in [-0.15, -0.1) is 11.3 Å². The van der Waals surface area contributed by atoms with Crippen molar-refractivity contribution in [1.82, 2.24) is 10.3 Å². The monoisotopic (exact) mass is 290 g/mol. The van der Waals surface area contributed by atoms with Crippen LogP contribution in [0.4, 0.5) is 0 Å². The number of nitrogens with one attached hydrogen (secondary N) is 1. The Morgan fingerprint density at radius 1 is 1.32 bits per heavy atom. The smallest absolute Gasteiger partial charge is 0.0683 e. The van der Waals surface area contributed by atoms with Crippen LogP contribution in [0, 0.1) is 6.92 Å². The number of pyridine rings is 1. The van der Waals surface area contributed by atoms with Crippen LogP contribution in [0.3, 0.4) is 0 Å². The molecule has 3 rings (SSSR count). The minimum atomic E-state index is 0.271. The van der Waals surface area contributed by atoms with Crippen molar-refractivity contribution in [3.63, 3.8) is 0 Å². The van der Waals surface area contributed by atoms with E-state index in [1.165, 1.54) is 39.5 Å². The summed E-state index contributed by atoms with van der Waals surface area (Å²) in [5, 5.41) is 3.43. The first-order valence-corrected chi connectivity index (χ1v) is 8.53. The topological polar surface area (TPSA) is 24.9 Å². The lowest BCUT2D eigenvalue weighted by Crippen LogP contribution is -2.16. The molecule has 1 unspecified atom stereocenters. The molecule has 0 spiro atoms. The summed E-state index contributed by atoms with van der Waals surface area (Å²) in [7, 11) is 2.03. The largest absolute Gasteiger partial charge is 0.309 e. The van der Waals surface area contributed by atoms with Gasteiger partial charge in [-0.05, 0) is 48.9 Å². The fraction of sp³-hybridized carbons (Fsp3) is 0.400. The van der Waals surface area contributed by atoms with E-state index in [1.54, 1.807) is 4.88 Å². The zero-order valence-corrected chi connectivity index (χ0v) is 12.9. The second kappa shape index (κ2) is 5.65. The molecule has 1 aliphatic rings. The summed E-state index contributed by atoms with van der Waals surface area (Å²) in [5.41, 5.74) is 4.01. The molecule has 4 heteroatoms. The van der Waals surface area contributed by atoms with Gasteiger partial charge >= 0.3 is 0 Å². The van der Waals surface area contributed by atoms with Gasteiger partial charge in [0, 0.05) is 27.9 Å². The number of fused-ring (bicyclic) bond motifs is 1. The molecule has 1 atom stereocenters. The van der Waals surface area contributed by atoms with E-state index in [1.807, 2.05) is 42.5 Å². The van der Waals surface area contributed by atoms with Crippen LogP contribution in [0.1, 0.15) is 32.5 Å². The highest BCUT2D eigenvalue weighted by atomic mass is 32.2. The Morgan fingerprint density at radius 2 is 2.21 bits per heavy atom. The van der Waals surface area contributed by atoms with Crippen LogP contribution in [-0.4, -0.2) is 17.8 Å². The SMILES string of the molecule is CNC(c1cncc(C)c1)c1cc2c(s1)CCSC2. The summed E-state index contributed by atoms with van der Waals surface area (Å²) in [4.78, 5) is 7.32. The lowest BCUT2D eigenvalue weighted by Gasteiger charge is -2.15. The Morgan fingerprint density at radius 3 is 2.95 bits per heavy atom. The maximum atomic E-state index is 4.32. The van der Waals surface area contributed by atoms with Crippen LogP contribution in [0.2, 0.25) is 0 Å². The van der Waals surface area contributed by atoms with Gasteiger partial charge in [0.05, 0.1) is 6.04 Å².